The van der Waals surface area contributed by atoms with Crippen molar-refractivity contribution in [3.63, 3.8) is 0 Å². The Morgan fingerprint density at radius 2 is 1.79 bits per heavy atom. The van der Waals surface area contributed by atoms with Crippen LogP contribution in [0.1, 0.15) is 31.2 Å². The Hall–Kier alpha value is -2.25. The maximum absolute atomic E-state index is 13.1. The van der Waals surface area contributed by atoms with Crippen LogP contribution in [0.25, 0.3) is 0 Å². The Kier molecular flexibility index (Phi) is 4.97. The van der Waals surface area contributed by atoms with E-state index in [1.807, 2.05) is 18.2 Å². The second-order valence-electron chi connectivity index (χ2n) is 7.59. The topological polar surface area (TPSA) is 66.5 Å². The van der Waals surface area contributed by atoms with Crippen molar-refractivity contribution in [3.05, 3.63) is 66.0 Å². The third kappa shape index (κ3) is 3.56. The van der Waals surface area contributed by atoms with E-state index < -0.39 is 21.9 Å². The van der Waals surface area contributed by atoms with Crippen LogP contribution in [0.15, 0.2) is 59.5 Å². The van der Waals surface area contributed by atoms with Crippen LogP contribution in [-0.4, -0.2) is 37.8 Å². The maximum atomic E-state index is 13.1. The predicted molar refractivity (Wildman–Crippen MR) is 104 cm³/mol. The molecule has 0 spiro atoms. The van der Waals surface area contributed by atoms with Crippen molar-refractivity contribution < 1.29 is 17.6 Å². The number of sulfonamides is 1. The zero-order valence-corrected chi connectivity index (χ0v) is 16.3. The van der Waals surface area contributed by atoms with Crippen molar-refractivity contribution in [3.8, 4) is 0 Å². The van der Waals surface area contributed by atoms with Gasteiger partial charge in [0.25, 0.3) is 0 Å². The number of nitrogens with one attached hydrogen (secondary N) is 1. The van der Waals surface area contributed by atoms with E-state index in [1.54, 1.807) is 0 Å². The second-order valence-corrected chi connectivity index (χ2v) is 9.48. The molecule has 28 heavy (non-hydrogen) atoms. The van der Waals surface area contributed by atoms with Crippen molar-refractivity contribution in [2.24, 2.45) is 0 Å². The van der Waals surface area contributed by atoms with Gasteiger partial charge < -0.3 is 5.32 Å². The summed E-state index contributed by atoms with van der Waals surface area (Å²) in [5.74, 6) is -0.754. The first-order chi connectivity index (χ1) is 13.4. The zero-order valence-electron chi connectivity index (χ0n) is 15.5. The van der Waals surface area contributed by atoms with E-state index in [0.29, 0.717) is 25.9 Å². The van der Waals surface area contributed by atoms with Gasteiger partial charge in [0.1, 0.15) is 11.9 Å². The van der Waals surface area contributed by atoms with Crippen molar-refractivity contribution in [1.82, 2.24) is 9.62 Å². The summed E-state index contributed by atoms with van der Waals surface area (Å²) in [6.07, 6.45) is 3.14. The molecule has 1 N–H and O–H groups in total. The smallest absolute Gasteiger partial charge is 0.243 e. The minimum atomic E-state index is -3.83. The average molecular weight is 402 g/mol. The van der Waals surface area contributed by atoms with Gasteiger partial charge in [0.05, 0.1) is 4.90 Å². The van der Waals surface area contributed by atoms with E-state index in [1.165, 1.54) is 22.0 Å². The third-order valence-electron chi connectivity index (χ3n) is 5.77. The van der Waals surface area contributed by atoms with E-state index in [9.17, 15) is 17.6 Å². The summed E-state index contributed by atoms with van der Waals surface area (Å²) in [5.41, 5.74) is 1.17. The number of nitrogens with zero attached hydrogens (tertiary/aromatic N) is 1. The molecule has 1 saturated carbocycles. The van der Waals surface area contributed by atoms with E-state index in [2.05, 4.69) is 17.4 Å². The molecule has 7 heteroatoms. The molecule has 0 radical (unpaired) electrons. The van der Waals surface area contributed by atoms with Gasteiger partial charge in [-0.15, -0.1) is 0 Å². The van der Waals surface area contributed by atoms with Crippen molar-refractivity contribution in [2.75, 3.05) is 13.1 Å². The summed E-state index contributed by atoms with van der Waals surface area (Å²) < 4.78 is 40.2. The average Bonchev–Trinajstić information content (AvgIpc) is 3.33. The highest BCUT2D eigenvalue weighted by Crippen LogP contribution is 2.47. The van der Waals surface area contributed by atoms with Crippen LogP contribution in [-0.2, 0) is 20.2 Å². The van der Waals surface area contributed by atoms with Crippen LogP contribution in [0, 0.1) is 5.82 Å². The lowest BCUT2D eigenvalue weighted by molar-refractivity contribution is -0.124. The molecule has 1 amide bonds. The SMILES string of the molecule is O=C(NCC1(c2ccccc2)CC1)C1CCCN1S(=O)(=O)c1ccc(F)cc1. The molecule has 1 saturated heterocycles. The lowest BCUT2D eigenvalue weighted by atomic mass is 9.96. The monoisotopic (exact) mass is 402 g/mol. The zero-order chi connectivity index (χ0) is 19.8. The van der Waals surface area contributed by atoms with Gasteiger partial charge in [0.2, 0.25) is 15.9 Å². The van der Waals surface area contributed by atoms with Crippen molar-refractivity contribution in [1.29, 1.82) is 0 Å². The summed E-state index contributed by atoms with van der Waals surface area (Å²) in [6, 6.07) is 14.1. The fraction of sp³-hybridized carbons (Fsp3) is 0.381. The van der Waals surface area contributed by atoms with E-state index >= 15 is 0 Å². The van der Waals surface area contributed by atoms with E-state index in [0.717, 1.165) is 25.0 Å². The molecule has 2 fully saturated rings. The summed E-state index contributed by atoms with van der Waals surface area (Å²) in [5, 5.41) is 2.98. The molecule has 2 aromatic rings. The number of hydrogen-bond donors (Lipinski definition) is 1. The lowest BCUT2D eigenvalue weighted by Gasteiger charge is -2.25. The lowest BCUT2D eigenvalue weighted by Crippen LogP contribution is -2.47. The maximum Gasteiger partial charge on any atom is 0.243 e. The minimum Gasteiger partial charge on any atom is -0.354 e. The van der Waals surface area contributed by atoms with Crippen LogP contribution in [0.3, 0.4) is 0 Å². The molecule has 5 nitrogen and oxygen atoms in total. The molecular weight excluding hydrogens is 379 g/mol. The molecule has 148 valence electrons. The molecule has 2 aromatic carbocycles. The molecule has 1 unspecified atom stereocenters. The number of carbonyl (C=O) groups is 1. The summed E-state index contributed by atoms with van der Waals surface area (Å²) >= 11 is 0. The molecular formula is C21H23FN2O3S. The van der Waals surface area contributed by atoms with Gasteiger partial charge in [-0.3, -0.25) is 4.79 Å². The minimum absolute atomic E-state index is 0.0107. The number of amides is 1. The Morgan fingerprint density at radius 3 is 2.43 bits per heavy atom. The summed E-state index contributed by atoms with van der Waals surface area (Å²) in [4.78, 5) is 12.8. The predicted octanol–water partition coefficient (Wildman–Crippen LogP) is 2.83. The fourth-order valence-electron chi connectivity index (χ4n) is 3.92. The van der Waals surface area contributed by atoms with Crippen LogP contribution in [0.5, 0.6) is 0 Å². The Bertz CT molecular complexity index is 957. The van der Waals surface area contributed by atoms with Gasteiger partial charge in [-0.05, 0) is 55.5 Å². The number of carbonyl (C=O) groups excluding carboxylic acids is 1. The van der Waals surface area contributed by atoms with Gasteiger partial charge >= 0.3 is 0 Å². The third-order valence-corrected chi connectivity index (χ3v) is 7.69. The Balaban J connectivity index is 1.46. The standard InChI is InChI=1S/C21H23FN2O3S/c22-17-8-10-18(11-9-17)28(26,27)24-14-4-7-19(24)20(25)23-15-21(12-13-21)16-5-2-1-3-6-16/h1-3,5-6,8-11,19H,4,7,12-15H2,(H,23,25). The molecule has 0 bridgehead atoms. The fourth-order valence-corrected chi connectivity index (χ4v) is 5.57. The molecule has 1 atom stereocenters. The van der Waals surface area contributed by atoms with E-state index in [4.69, 9.17) is 0 Å². The largest absolute Gasteiger partial charge is 0.354 e. The Labute approximate surface area is 164 Å². The van der Waals surface area contributed by atoms with Crippen LogP contribution >= 0.6 is 0 Å². The van der Waals surface area contributed by atoms with Gasteiger partial charge in [-0.2, -0.15) is 4.31 Å². The van der Waals surface area contributed by atoms with Crippen molar-refractivity contribution >= 4 is 15.9 Å². The van der Waals surface area contributed by atoms with E-state index in [-0.39, 0.29) is 16.2 Å². The Morgan fingerprint density at radius 1 is 1.11 bits per heavy atom. The number of rotatable bonds is 6. The molecule has 2 aliphatic rings. The van der Waals surface area contributed by atoms with Crippen molar-refractivity contribution in [2.45, 2.75) is 42.0 Å². The molecule has 1 heterocycles. The highest BCUT2D eigenvalue weighted by molar-refractivity contribution is 7.89. The number of hydrogen-bond acceptors (Lipinski definition) is 3. The van der Waals surface area contributed by atoms with Crippen LogP contribution in [0.4, 0.5) is 4.39 Å². The quantitative estimate of drug-likeness (QED) is 0.808. The normalized spacial score (nSPS) is 21.4. The molecule has 0 aromatic heterocycles. The van der Waals surface area contributed by atoms with Gasteiger partial charge in [-0.25, -0.2) is 12.8 Å². The molecule has 4 rings (SSSR count). The highest BCUT2D eigenvalue weighted by Gasteiger charge is 2.45. The first-order valence-electron chi connectivity index (χ1n) is 9.53. The van der Waals surface area contributed by atoms with Crippen LogP contribution in [0.2, 0.25) is 0 Å². The molecule has 1 aliphatic carbocycles. The second kappa shape index (κ2) is 7.29. The number of benzene rings is 2. The summed E-state index contributed by atoms with van der Waals surface area (Å²) in [6.45, 7) is 0.804. The van der Waals surface area contributed by atoms with Gasteiger partial charge in [-0.1, -0.05) is 30.3 Å². The number of halogens is 1. The first-order valence-corrected chi connectivity index (χ1v) is 11.0. The van der Waals surface area contributed by atoms with Crippen LogP contribution < -0.4 is 5.32 Å². The highest BCUT2D eigenvalue weighted by atomic mass is 32.2. The van der Waals surface area contributed by atoms with Gasteiger partial charge in [0, 0.05) is 18.5 Å². The first kappa shape index (κ1) is 19.1. The van der Waals surface area contributed by atoms with Gasteiger partial charge in [0.15, 0.2) is 0 Å². The summed E-state index contributed by atoms with van der Waals surface area (Å²) in [7, 11) is -3.83. The molecule has 1 aliphatic heterocycles.